The molecule has 0 aliphatic carbocycles. The molecule has 5 heteroatoms. The number of rotatable bonds is 3. The Kier molecular flexibility index (Phi) is 4.15. The van der Waals surface area contributed by atoms with E-state index >= 15 is 0 Å². The summed E-state index contributed by atoms with van der Waals surface area (Å²) < 4.78 is 2.24. The van der Waals surface area contributed by atoms with Crippen LogP contribution in [0.3, 0.4) is 0 Å². The molecule has 0 spiro atoms. The van der Waals surface area contributed by atoms with Gasteiger partial charge in [-0.1, -0.05) is 6.07 Å². The Balaban J connectivity index is 2.13. The van der Waals surface area contributed by atoms with Crippen molar-refractivity contribution in [2.45, 2.75) is 45.8 Å². The van der Waals surface area contributed by atoms with Crippen molar-refractivity contribution in [3.63, 3.8) is 0 Å². The van der Waals surface area contributed by atoms with Crippen molar-refractivity contribution in [2.75, 3.05) is 0 Å². The van der Waals surface area contributed by atoms with Gasteiger partial charge in [-0.3, -0.25) is 4.98 Å². The van der Waals surface area contributed by atoms with Gasteiger partial charge in [-0.05, 0) is 63.7 Å². The largest absolute Gasteiger partial charge is 0.352 e. The SMILES string of the molecule is Cc1cc([C@@H]2[C@@H](c3ccccn3)NC(=S)N2C(C)C)c(C)n1C. The number of pyridine rings is 1. The lowest BCUT2D eigenvalue weighted by atomic mass is 9.96. The summed E-state index contributed by atoms with van der Waals surface area (Å²) in [6.45, 7) is 8.70. The monoisotopic (exact) mass is 328 g/mol. The molecule has 122 valence electrons. The van der Waals surface area contributed by atoms with Crippen LogP contribution in [0.5, 0.6) is 0 Å². The Bertz CT molecular complexity index is 720. The van der Waals surface area contributed by atoms with Gasteiger partial charge in [0.05, 0.1) is 17.8 Å². The van der Waals surface area contributed by atoms with Gasteiger partial charge >= 0.3 is 0 Å². The van der Waals surface area contributed by atoms with Crippen molar-refractivity contribution in [3.8, 4) is 0 Å². The average Bonchev–Trinajstić information content (AvgIpc) is 3.00. The molecule has 0 saturated carbocycles. The minimum absolute atomic E-state index is 0.0756. The zero-order valence-corrected chi connectivity index (χ0v) is 15.2. The first-order valence-corrected chi connectivity index (χ1v) is 8.45. The van der Waals surface area contributed by atoms with E-state index < -0.39 is 0 Å². The quantitative estimate of drug-likeness (QED) is 0.875. The molecule has 3 rings (SSSR count). The zero-order chi connectivity index (χ0) is 16.7. The molecule has 0 bridgehead atoms. The van der Waals surface area contributed by atoms with Crippen LogP contribution in [0.2, 0.25) is 0 Å². The summed E-state index contributed by atoms with van der Waals surface area (Å²) in [5.41, 5.74) is 4.90. The second-order valence-corrected chi connectivity index (χ2v) is 6.90. The van der Waals surface area contributed by atoms with E-state index in [0.717, 1.165) is 10.8 Å². The highest BCUT2D eigenvalue weighted by Crippen LogP contribution is 2.41. The molecule has 0 aromatic carbocycles. The summed E-state index contributed by atoms with van der Waals surface area (Å²) in [6.07, 6.45) is 1.85. The molecule has 1 aliphatic rings. The van der Waals surface area contributed by atoms with Crippen LogP contribution in [0.1, 0.15) is 48.6 Å². The average molecular weight is 328 g/mol. The number of thiocarbonyl (C=S) groups is 1. The molecule has 23 heavy (non-hydrogen) atoms. The van der Waals surface area contributed by atoms with E-state index in [2.05, 4.69) is 66.6 Å². The Hall–Kier alpha value is -1.88. The van der Waals surface area contributed by atoms with Crippen LogP contribution in [0.25, 0.3) is 0 Å². The Labute approximate surface area is 143 Å². The Morgan fingerprint density at radius 2 is 2.00 bits per heavy atom. The first-order chi connectivity index (χ1) is 10.9. The van der Waals surface area contributed by atoms with Crippen LogP contribution in [-0.4, -0.2) is 25.6 Å². The molecule has 1 saturated heterocycles. The molecule has 2 aromatic rings. The maximum absolute atomic E-state index is 5.63. The maximum atomic E-state index is 5.63. The number of hydrogen-bond donors (Lipinski definition) is 1. The molecular formula is C18H24N4S. The van der Waals surface area contributed by atoms with Crippen molar-refractivity contribution < 1.29 is 0 Å². The summed E-state index contributed by atoms with van der Waals surface area (Å²) in [5, 5.41) is 4.30. The fraction of sp³-hybridized carbons (Fsp3) is 0.444. The molecular weight excluding hydrogens is 304 g/mol. The van der Waals surface area contributed by atoms with E-state index in [9.17, 15) is 0 Å². The molecule has 1 aliphatic heterocycles. The Morgan fingerprint density at radius 1 is 1.26 bits per heavy atom. The number of aromatic nitrogens is 2. The lowest BCUT2D eigenvalue weighted by molar-refractivity contribution is 0.268. The van der Waals surface area contributed by atoms with Crippen LogP contribution in [0.4, 0.5) is 0 Å². The predicted octanol–water partition coefficient (Wildman–Crippen LogP) is 3.42. The van der Waals surface area contributed by atoms with E-state index in [-0.39, 0.29) is 12.1 Å². The molecule has 2 atom stereocenters. The highest BCUT2D eigenvalue weighted by atomic mass is 32.1. The fourth-order valence-electron chi connectivity index (χ4n) is 3.44. The van der Waals surface area contributed by atoms with Crippen molar-refractivity contribution >= 4 is 17.3 Å². The topological polar surface area (TPSA) is 33.1 Å². The first-order valence-electron chi connectivity index (χ1n) is 8.04. The highest BCUT2D eigenvalue weighted by molar-refractivity contribution is 7.80. The summed E-state index contributed by atoms with van der Waals surface area (Å²) in [6, 6.07) is 8.90. The fourth-order valence-corrected chi connectivity index (χ4v) is 3.89. The predicted molar refractivity (Wildman–Crippen MR) is 97.3 cm³/mol. The number of nitrogens with one attached hydrogen (secondary N) is 1. The summed E-state index contributed by atoms with van der Waals surface area (Å²) >= 11 is 5.63. The second-order valence-electron chi connectivity index (χ2n) is 6.51. The van der Waals surface area contributed by atoms with Gasteiger partial charge in [-0.15, -0.1) is 0 Å². The van der Waals surface area contributed by atoms with Gasteiger partial charge in [0.15, 0.2) is 5.11 Å². The van der Waals surface area contributed by atoms with Gasteiger partial charge in [0.25, 0.3) is 0 Å². The van der Waals surface area contributed by atoms with E-state index in [4.69, 9.17) is 12.2 Å². The number of nitrogens with zero attached hydrogens (tertiary/aromatic N) is 3. The van der Waals surface area contributed by atoms with Gasteiger partial charge in [0, 0.05) is 30.7 Å². The molecule has 0 radical (unpaired) electrons. The molecule has 4 nitrogen and oxygen atoms in total. The second kappa shape index (κ2) is 5.96. The maximum Gasteiger partial charge on any atom is 0.170 e. The van der Waals surface area contributed by atoms with Gasteiger partial charge in [0.2, 0.25) is 0 Å². The van der Waals surface area contributed by atoms with Gasteiger partial charge < -0.3 is 14.8 Å². The van der Waals surface area contributed by atoms with Crippen LogP contribution in [0.15, 0.2) is 30.5 Å². The van der Waals surface area contributed by atoms with E-state index in [1.807, 2.05) is 18.3 Å². The summed E-state index contributed by atoms with van der Waals surface area (Å²) in [4.78, 5) is 6.87. The van der Waals surface area contributed by atoms with Crippen molar-refractivity contribution in [1.82, 2.24) is 19.8 Å². The van der Waals surface area contributed by atoms with E-state index in [1.54, 1.807) is 0 Å². The number of hydrogen-bond acceptors (Lipinski definition) is 2. The number of aryl methyl sites for hydroxylation is 1. The molecule has 1 N–H and O–H groups in total. The van der Waals surface area contributed by atoms with Crippen LogP contribution < -0.4 is 5.32 Å². The zero-order valence-electron chi connectivity index (χ0n) is 14.4. The van der Waals surface area contributed by atoms with Crippen molar-refractivity contribution in [1.29, 1.82) is 0 Å². The summed E-state index contributed by atoms with van der Waals surface area (Å²) in [5.74, 6) is 0. The first kappa shape index (κ1) is 16.0. The lowest BCUT2D eigenvalue weighted by Gasteiger charge is -2.31. The minimum Gasteiger partial charge on any atom is -0.352 e. The van der Waals surface area contributed by atoms with Gasteiger partial charge in [-0.25, -0.2) is 0 Å². The van der Waals surface area contributed by atoms with E-state index in [1.165, 1.54) is 17.0 Å². The van der Waals surface area contributed by atoms with Crippen molar-refractivity contribution in [3.05, 3.63) is 53.1 Å². The van der Waals surface area contributed by atoms with Crippen LogP contribution >= 0.6 is 12.2 Å². The van der Waals surface area contributed by atoms with Gasteiger partial charge in [-0.2, -0.15) is 0 Å². The molecule has 2 aromatic heterocycles. The highest BCUT2D eigenvalue weighted by Gasteiger charge is 2.42. The van der Waals surface area contributed by atoms with E-state index in [0.29, 0.717) is 6.04 Å². The van der Waals surface area contributed by atoms with Gasteiger partial charge in [0.1, 0.15) is 0 Å². The molecule has 0 unspecified atom stereocenters. The standard InChI is InChI=1S/C18H24N4S/c1-11(2)22-17(14-10-12(3)21(5)13(14)4)16(20-18(22)23)15-8-6-7-9-19-15/h6-11,16-17H,1-5H3,(H,20,23)/t16-,17-/m1/s1. The third kappa shape index (κ3) is 2.63. The van der Waals surface area contributed by atoms with Crippen LogP contribution in [0, 0.1) is 13.8 Å². The lowest BCUT2D eigenvalue weighted by Crippen LogP contribution is -2.35. The normalized spacial score (nSPS) is 21.1. The molecule has 1 fully saturated rings. The summed E-state index contributed by atoms with van der Waals surface area (Å²) in [7, 11) is 2.12. The third-order valence-corrected chi connectivity index (χ3v) is 5.15. The minimum atomic E-state index is 0.0756. The molecule has 0 amide bonds. The molecule has 3 heterocycles. The van der Waals surface area contributed by atoms with Crippen LogP contribution in [-0.2, 0) is 7.05 Å². The van der Waals surface area contributed by atoms with Crippen molar-refractivity contribution in [2.24, 2.45) is 7.05 Å². The third-order valence-electron chi connectivity index (χ3n) is 4.82. The Morgan fingerprint density at radius 3 is 2.52 bits per heavy atom. The smallest absolute Gasteiger partial charge is 0.170 e.